The van der Waals surface area contributed by atoms with Gasteiger partial charge >= 0.3 is 0 Å². The summed E-state index contributed by atoms with van der Waals surface area (Å²) in [5.74, 6) is -0.0634. The number of carbonyl (C=O) groups is 1. The van der Waals surface area contributed by atoms with Crippen molar-refractivity contribution in [2.75, 3.05) is 13.6 Å². The van der Waals surface area contributed by atoms with E-state index in [2.05, 4.69) is 17.1 Å². The highest BCUT2D eigenvalue weighted by Crippen LogP contribution is 1.99. The number of nitrogens with zero attached hydrogens (tertiary/aromatic N) is 3. The molecular formula is C10H15N3O. The van der Waals surface area contributed by atoms with Gasteiger partial charge in [0.1, 0.15) is 0 Å². The molecule has 0 aliphatic rings. The molecule has 0 N–H and O–H groups in total. The number of rotatable bonds is 4. The Morgan fingerprint density at radius 2 is 2.36 bits per heavy atom. The molecule has 0 radical (unpaired) electrons. The molecule has 0 atom stereocenters. The van der Waals surface area contributed by atoms with Crippen LogP contribution in [0, 0.1) is 0 Å². The summed E-state index contributed by atoms with van der Waals surface area (Å²) >= 11 is 0. The van der Waals surface area contributed by atoms with Crippen LogP contribution in [-0.4, -0.2) is 34.6 Å². The van der Waals surface area contributed by atoms with Crippen LogP contribution in [0.5, 0.6) is 0 Å². The van der Waals surface area contributed by atoms with Crippen LogP contribution in [0.3, 0.4) is 0 Å². The molecule has 0 unspecified atom stereocenters. The van der Waals surface area contributed by atoms with Gasteiger partial charge in [0.05, 0.1) is 0 Å². The first kappa shape index (κ1) is 10.6. The fraction of sp³-hybridized carbons (Fsp3) is 0.500. The first-order chi connectivity index (χ1) is 6.75. The van der Waals surface area contributed by atoms with Crippen LogP contribution >= 0.6 is 0 Å². The summed E-state index contributed by atoms with van der Waals surface area (Å²) < 4.78 is 0. The highest BCUT2D eigenvalue weighted by Gasteiger charge is 2.11. The number of aromatic nitrogens is 2. The fourth-order valence-electron chi connectivity index (χ4n) is 1.11. The van der Waals surface area contributed by atoms with Gasteiger partial charge in [-0.1, -0.05) is 13.3 Å². The average Bonchev–Trinajstić information content (AvgIpc) is 2.26. The van der Waals surface area contributed by atoms with Crippen molar-refractivity contribution in [2.24, 2.45) is 0 Å². The molecule has 1 aromatic heterocycles. The van der Waals surface area contributed by atoms with Crippen LogP contribution in [0.15, 0.2) is 18.3 Å². The van der Waals surface area contributed by atoms with Gasteiger partial charge in [-0.15, -0.1) is 5.10 Å². The zero-order chi connectivity index (χ0) is 10.4. The average molecular weight is 193 g/mol. The van der Waals surface area contributed by atoms with E-state index in [0.29, 0.717) is 5.69 Å². The van der Waals surface area contributed by atoms with Crippen molar-refractivity contribution >= 4 is 5.91 Å². The van der Waals surface area contributed by atoms with E-state index < -0.39 is 0 Å². The minimum Gasteiger partial charge on any atom is -0.340 e. The molecule has 0 aliphatic carbocycles. The largest absolute Gasteiger partial charge is 0.340 e. The van der Waals surface area contributed by atoms with Crippen molar-refractivity contribution < 1.29 is 4.79 Å². The zero-order valence-corrected chi connectivity index (χ0v) is 8.60. The third-order valence-electron chi connectivity index (χ3n) is 1.99. The molecule has 1 heterocycles. The minimum atomic E-state index is -0.0634. The maximum Gasteiger partial charge on any atom is 0.274 e. The molecule has 1 amide bonds. The zero-order valence-electron chi connectivity index (χ0n) is 8.60. The van der Waals surface area contributed by atoms with Crippen molar-refractivity contribution in [1.82, 2.24) is 15.1 Å². The van der Waals surface area contributed by atoms with Crippen LogP contribution in [0.1, 0.15) is 30.3 Å². The predicted octanol–water partition coefficient (Wildman–Crippen LogP) is 1.35. The Bertz CT molecular complexity index is 287. The third-order valence-corrected chi connectivity index (χ3v) is 1.99. The summed E-state index contributed by atoms with van der Waals surface area (Å²) in [6.45, 7) is 2.87. The smallest absolute Gasteiger partial charge is 0.274 e. The molecule has 0 aliphatic heterocycles. The summed E-state index contributed by atoms with van der Waals surface area (Å²) in [6, 6.07) is 3.39. The minimum absolute atomic E-state index is 0.0634. The normalized spacial score (nSPS) is 9.86. The number of hydrogen-bond acceptors (Lipinski definition) is 3. The number of unbranched alkanes of at least 4 members (excludes halogenated alkanes) is 1. The molecule has 0 fully saturated rings. The Labute approximate surface area is 84.0 Å². The Balaban J connectivity index is 2.57. The highest BCUT2D eigenvalue weighted by molar-refractivity contribution is 5.91. The van der Waals surface area contributed by atoms with Crippen molar-refractivity contribution in [3.05, 3.63) is 24.0 Å². The molecule has 1 rings (SSSR count). The van der Waals surface area contributed by atoms with Crippen molar-refractivity contribution in [1.29, 1.82) is 0 Å². The van der Waals surface area contributed by atoms with E-state index in [4.69, 9.17) is 0 Å². The maximum atomic E-state index is 11.7. The van der Waals surface area contributed by atoms with Gasteiger partial charge < -0.3 is 4.90 Å². The van der Waals surface area contributed by atoms with Crippen LogP contribution in [0.2, 0.25) is 0 Å². The van der Waals surface area contributed by atoms with Crippen molar-refractivity contribution in [3.63, 3.8) is 0 Å². The summed E-state index contributed by atoms with van der Waals surface area (Å²) in [7, 11) is 1.78. The second-order valence-corrected chi connectivity index (χ2v) is 3.19. The molecule has 0 spiro atoms. The lowest BCUT2D eigenvalue weighted by molar-refractivity contribution is 0.0786. The Morgan fingerprint density at radius 1 is 1.57 bits per heavy atom. The SMILES string of the molecule is CCCCN(C)C(=O)c1cccnn1. The van der Waals surface area contributed by atoms with E-state index in [9.17, 15) is 4.79 Å². The van der Waals surface area contributed by atoms with E-state index in [1.807, 2.05) is 0 Å². The maximum absolute atomic E-state index is 11.7. The molecule has 0 aromatic carbocycles. The lowest BCUT2D eigenvalue weighted by Crippen LogP contribution is -2.28. The van der Waals surface area contributed by atoms with E-state index in [0.717, 1.165) is 19.4 Å². The lowest BCUT2D eigenvalue weighted by atomic mass is 10.3. The van der Waals surface area contributed by atoms with E-state index in [1.165, 1.54) is 0 Å². The lowest BCUT2D eigenvalue weighted by Gasteiger charge is -2.15. The van der Waals surface area contributed by atoms with E-state index in [1.54, 1.807) is 30.3 Å². The van der Waals surface area contributed by atoms with Gasteiger partial charge in [-0.2, -0.15) is 5.10 Å². The third kappa shape index (κ3) is 2.80. The summed E-state index contributed by atoms with van der Waals surface area (Å²) in [5, 5.41) is 7.44. The number of amides is 1. The van der Waals surface area contributed by atoms with Gasteiger partial charge in [0.15, 0.2) is 5.69 Å². The number of carbonyl (C=O) groups excluding carboxylic acids is 1. The molecule has 0 saturated carbocycles. The van der Waals surface area contributed by atoms with Gasteiger partial charge in [-0.25, -0.2) is 0 Å². The van der Waals surface area contributed by atoms with Gasteiger partial charge in [0, 0.05) is 19.8 Å². The second-order valence-electron chi connectivity index (χ2n) is 3.19. The van der Waals surface area contributed by atoms with Crippen molar-refractivity contribution in [2.45, 2.75) is 19.8 Å². The molecule has 14 heavy (non-hydrogen) atoms. The molecule has 1 aromatic rings. The summed E-state index contributed by atoms with van der Waals surface area (Å²) in [6.07, 6.45) is 3.66. The number of hydrogen-bond donors (Lipinski definition) is 0. The van der Waals surface area contributed by atoms with E-state index >= 15 is 0 Å². The fourth-order valence-corrected chi connectivity index (χ4v) is 1.11. The monoisotopic (exact) mass is 193 g/mol. The standard InChI is InChI=1S/C10H15N3O/c1-3-4-8-13(2)10(14)9-6-5-7-11-12-9/h5-7H,3-4,8H2,1-2H3. The predicted molar refractivity (Wildman–Crippen MR) is 53.9 cm³/mol. The van der Waals surface area contributed by atoms with Gasteiger partial charge in [-0.3, -0.25) is 4.79 Å². The quantitative estimate of drug-likeness (QED) is 0.725. The van der Waals surface area contributed by atoms with Crippen molar-refractivity contribution in [3.8, 4) is 0 Å². The van der Waals surface area contributed by atoms with Crippen LogP contribution in [-0.2, 0) is 0 Å². The van der Waals surface area contributed by atoms with Gasteiger partial charge in [-0.05, 0) is 18.6 Å². The Kier molecular flexibility index (Phi) is 4.04. The van der Waals surface area contributed by atoms with Crippen LogP contribution < -0.4 is 0 Å². The molecule has 0 bridgehead atoms. The first-order valence-corrected chi connectivity index (χ1v) is 4.79. The summed E-state index contributed by atoms with van der Waals surface area (Å²) in [4.78, 5) is 13.3. The molecule has 4 heteroatoms. The topological polar surface area (TPSA) is 46.1 Å². The van der Waals surface area contributed by atoms with Crippen LogP contribution in [0.25, 0.3) is 0 Å². The van der Waals surface area contributed by atoms with Crippen LogP contribution in [0.4, 0.5) is 0 Å². The Hall–Kier alpha value is -1.45. The van der Waals surface area contributed by atoms with Gasteiger partial charge in [0.25, 0.3) is 5.91 Å². The van der Waals surface area contributed by atoms with Gasteiger partial charge in [0.2, 0.25) is 0 Å². The second kappa shape index (κ2) is 5.32. The molecule has 4 nitrogen and oxygen atoms in total. The van der Waals surface area contributed by atoms with E-state index in [-0.39, 0.29) is 5.91 Å². The molecule has 0 saturated heterocycles. The summed E-state index contributed by atoms with van der Waals surface area (Å²) in [5.41, 5.74) is 0.408. The first-order valence-electron chi connectivity index (χ1n) is 4.79. The molecule has 76 valence electrons. The highest BCUT2D eigenvalue weighted by atomic mass is 16.2. The Morgan fingerprint density at radius 3 is 2.93 bits per heavy atom. The molecular weight excluding hydrogens is 178 g/mol.